The van der Waals surface area contributed by atoms with Crippen molar-refractivity contribution in [3.63, 3.8) is 0 Å². The highest BCUT2D eigenvalue weighted by Gasteiger charge is 2.17. The zero-order chi connectivity index (χ0) is 19.4. The van der Waals surface area contributed by atoms with Crippen LogP contribution in [-0.2, 0) is 16.6 Å². The number of amides is 1. The second kappa shape index (κ2) is 7.89. The van der Waals surface area contributed by atoms with Gasteiger partial charge in [0.1, 0.15) is 0 Å². The Balaban J connectivity index is 1.54. The molecule has 27 heavy (non-hydrogen) atoms. The van der Waals surface area contributed by atoms with Crippen molar-refractivity contribution in [3.8, 4) is 0 Å². The topological polar surface area (TPSA) is 84.3 Å². The van der Waals surface area contributed by atoms with Gasteiger partial charge in [-0.2, -0.15) is 0 Å². The lowest BCUT2D eigenvalue weighted by Gasteiger charge is -2.11. The highest BCUT2D eigenvalue weighted by molar-refractivity contribution is 7.89. The van der Waals surface area contributed by atoms with E-state index in [1.807, 2.05) is 24.3 Å². The summed E-state index contributed by atoms with van der Waals surface area (Å²) in [7, 11) is -0.547. The van der Waals surface area contributed by atoms with E-state index in [0.717, 1.165) is 28.3 Å². The van der Waals surface area contributed by atoms with E-state index >= 15 is 0 Å². The number of nitrogens with zero attached hydrogens (tertiary/aromatic N) is 3. The number of imidazole rings is 1. The molecule has 0 saturated heterocycles. The molecule has 7 nitrogen and oxygen atoms in total. The van der Waals surface area contributed by atoms with E-state index in [-0.39, 0.29) is 10.8 Å². The van der Waals surface area contributed by atoms with Crippen LogP contribution in [0.2, 0.25) is 0 Å². The van der Waals surface area contributed by atoms with Crippen LogP contribution >= 0.6 is 0 Å². The minimum atomic E-state index is -3.49. The average Bonchev–Trinajstić information content (AvgIpc) is 3.08. The summed E-state index contributed by atoms with van der Waals surface area (Å²) in [4.78, 5) is 16.7. The third kappa shape index (κ3) is 4.17. The maximum absolute atomic E-state index is 12.2. The molecule has 0 spiro atoms. The van der Waals surface area contributed by atoms with Gasteiger partial charge >= 0.3 is 0 Å². The quantitative estimate of drug-likeness (QED) is 0.630. The van der Waals surface area contributed by atoms with Gasteiger partial charge in [0.05, 0.1) is 22.3 Å². The second-order valence-electron chi connectivity index (χ2n) is 6.35. The van der Waals surface area contributed by atoms with E-state index in [1.54, 1.807) is 6.33 Å². The molecule has 1 aromatic heterocycles. The van der Waals surface area contributed by atoms with Gasteiger partial charge in [0.25, 0.3) is 5.91 Å². The number of aryl methyl sites for hydroxylation is 1. The number of benzene rings is 2. The number of carbonyl (C=O) groups excluding carboxylic acids is 1. The van der Waals surface area contributed by atoms with Gasteiger partial charge in [-0.05, 0) is 42.8 Å². The first kappa shape index (κ1) is 19.1. The van der Waals surface area contributed by atoms with Gasteiger partial charge in [-0.15, -0.1) is 0 Å². The predicted octanol–water partition coefficient (Wildman–Crippen LogP) is 2.11. The Labute approximate surface area is 158 Å². The van der Waals surface area contributed by atoms with Crippen LogP contribution in [0.3, 0.4) is 0 Å². The van der Waals surface area contributed by atoms with Crippen molar-refractivity contribution >= 4 is 27.0 Å². The molecule has 0 saturated carbocycles. The molecule has 8 heteroatoms. The number of sulfonamides is 1. The molecular weight excluding hydrogens is 364 g/mol. The first-order chi connectivity index (χ1) is 12.9. The summed E-state index contributed by atoms with van der Waals surface area (Å²) in [5.41, 5.74) is 2.46. The highest BCUT2D eigenvalue weighted by Crippen LogP contribution is 2.14. The summed E-state index contributed by atoms with van der Waals surface area (Å²) < 4.78 is 27.3. The zero-order valence-corrected chi connectivity index (χ0v) is 16.1. The monoisotopic (exact) mass is 386 g/mol. The largest absolute Gasteiger partial charge is 0.352 e. The van der Waals surface area contributed by atoms with Crippen LogP contribution in [0.25, 0.3) is 11.0 Å². The zero-order valence-electron chi connectivity index (χ0n) is 15.3. The fraction of sp³-hybridized carbons (Fsp3) is 0.263. The van der Waals surface area contributed by atoms with Crippen molar-refractivity contribution in [1.82, 2.24) is 19.2 Å². The van der Waals surface area contributed by atoms with E-state index in [4.69, 9.17) is 0 Å². The van der Waals surface area contributed by atoms with Crippen molar-refractivity contribution < 1.29 is 13.2 Å². The molecule has 3 rings (SSSR count). The second-order valence-corrected chi connectivity index (χ2v) is 8.50. The molecule has 0 bridgehead atoms. The Morgan fingerprint density at radius 1 is 1.11 bits per heavy atom. The van der Waals surface area contributed by atoms with E-state index in [9.17, 15) is 13.2 Å². The van der Waals surface area contributed by atoms with E-state index in [0.29, 0.717) is 12.1 Å². The maximum atomic E-state index is 12.2. The number of rotatable bonds is 7. The summed E-state index contributed by atoms with van der Waals surface area (Å²) in [5.74, 6) is -0.223. The average molecular weight is 386 g/mol. The number of nitrogens with one attached hydrogen (secondary N) is 1. The Bertz CT molecular complexity index is 1040. The Kier molecular flexibility index (Phi) is 5.57. The summed E-state index contributed by atoms with van der Waals surface area (Å²) in [6, 6.07) is 13.9. The number of hydrogen-bond acceptors (Lipinski definition) is 4. The first-order valence-corrected chi connectivity index (χ1v) is 10.0. The lowest BCUT2D eigenvalue weighted by atomic mass is 10.2. The van der Waals surface area contributed by atoms with E-state index in [1.165, 1.54) is 38.4 Å². The molecule has 1 heterocycles. The number of fused-ring (bicyclic) bond motifs is 1. The molecule has 3 aromatic rings. The Morgan fingerprint density at radius 3 is 2.52 bits per heavy atom. The van der Waals surface area contributed by atoms with Gasteiger partial charge in [0.15, 0.2) is 0 Å². The summed E-state index contributed by atoms with van der Waals surface area (Å²) in [5, 5.41) is 2.86. The molecule has 0 fully saturated rings. The van der Waals surface area contributed by atoms with Gasteiger partial charge in [-0.25, -0.2) is 17.7 Å². The third-order valence-electron chi connectivity index (χ3n) is 4.28. The number of para-hydroxylation sites is 2. The van der Waals surface area contributed by atoms with Crippen molar-refractivity contribution in [2.75, 3.05) is 20.6 Å². The lowest BCUT2D eigenvalue weighted by Crippen LogP contribution is -2.25. The fourth-order valence-electron chi connectivity index (χ4n) is 2.73. The fourth-order valence-corrected chi connectivity index (χ4v) is 3.63. The molecule has 0 aliphatic heterocycles. The van der Waals surface area contributed by atoms with E-state index < -0.39 is 10.0 Å². The minimum absolute atomic E-state index is 0.163. The van der Waals surface area contributed by atoms with Crippen molar-refractivity contribution in [2.45, 2.75) is 17.9 Å². The lowest BCUT2D eigenvalue weighted by molar-refractivity contribution is 0.0952. The van der Waals surface area contributed by atoms with Gasteiger partial charge < -0.3 is 9.88 Å². The normalized spacial score (nSPS) is 11.8. The first-order valence-electron chi connectivity index (χ1n) is 8.60. The van der Waals surface area contributed by atoms with Crippen LogP contribution in [0.4, 0.5) is 0 Å². The summed E-state index contributed by atoms with van der Waals surface area (Å²) in [6.07, 6.45) is 2.57. The van der Waals surface area contributed by atoms with Gasteiger partial charge in [0.2, 0.25) is 10.0 Å². The van der Waals surface area contributed by atoms with Crippen molar-refractivity contribution in [2.24, 2.45) is 0 Å². The number of carbonyl (C=O) groups is 1. The maximum Gasteiger partial charge on any atom is 0.251 e. The van der Waals surface area contributed by atoms with Crippen LogP contribution < -0.4 is 5.32 Å². The highest BCUT2D eigenvalue weighted by atomic mass is 32.2. The molecule has 0 aliphatic carbocycles. The minimum Gasteiger partial charge on any atom is -0.352 e. The van der Waals surface area contributed by atoms with Crippen molar-refractivity contribution in [1.29, 1.82) is 0 Å². The summed E-state index contributed by atoms with van der Waals surface area (Å²) >= 11 is 0. The predicted molar refractivity (Wildman–Crippen MR) is 104 cm³/mol. The Morgan fingerprint density at radius 2 is 1.81 bits per heavy atom. The van der Waals surface area contributed by atoms with Crippen LogP contribution in [0.5, 0.6) is 0 Å². The van der Waals surface area contributed by atoms with Gasteiger partial charge in [-0.3, -0.25) is 4.79 Å². The molecule has 2 aromatic carbocycles. The molecule has 1 amide bonds. The summed E-state index contributed by atoms with van der Waals surface area (Å²) in [6.45, 7) is 1.27. The molecule has 0 radical (unpaired) electrons. The standard InChI is InChI=1S/C19H22N4O3S/c1-22(2)27(25,26)16-10-8-15(9-11-16)19(24)20-12-5-13-23-14-21-17-6-3-4-7-18(17)23/h3-4,6-11,14H,5,12-13H2,1-2H3,(H,20,24). The number of hydrogen-bond donors (Lipinski definition) is 1. The third-order valence-corrected chi connectivity index (χ3v) is 6.11. The van der Waals surface area contributed by atoms with Crippen LogP contribution in [0, 0.1) is 0 Å². The Hall–Kier alpha value is -2.71. The van der Waals surface area contributed by atoms with Gasteiger partial charge in [0, 0.05) is 32.7 Å². The number of aromatic nitrogens is 2. The van der Waals surface area contributed by atoms with Crippen molar-refractivity contribution in [3.05, 3.63) is 60.4 Å². The van der Waals surface area contributed by atoms with Crippen LogP contribution in [0.1, 0.15) is 16.8 Å². The molecule has 0 aliphatic rings. The SMILES string of the molecule is CN(C)S(=O)(=O)c1ccc(C(=O)NCCCn2cnc3ccccc32)cc1. The van der Waals surface area contributed by atoms with Crippen LogP contribution in [0.15, 0.2) is 59.8 Å². The molecule has 0 unspecified atom stereocenters. The smallest absolute Gasteiger partial charge is 0.251 e. The van der Waals surface area contributed by atoms with Crippen LogP contribution in [-0.4, -0.2) is 48.8 Å². The van der Waals surface area contributed by atoms with Gasteiger partial charge in [-0.1, -0.05) is 12.1 Å². The molecular formula is C19H22N4O3S. The molecule has 1 N–H and O–H groups in total. The molecule has 142 valence electrons. The molecule has 0 atom stereocenters. The van der Waals surface area contributed by atoms with E-state index in [2.05, 4.69) is 14.9 Å².